The van der Waals surface area contributed by atoms with Crippen LogP contribution >= 0.6 is 11.6 Å². The van der Waals surface area contributed by atoms with Gasteiger partial charge in [0.15, 0.2) is 5.65 Å². The molecule has 0 saturated carbocycles. The molecule has 0 aromatic carbocycles. The van der Waals surface area contributed by atoms with Gasteiger partial charge in [0.2, 0.25) is 0 Å². The summed E-state index contributed by atoms with van der Waals surface area (Å²) in [7, 11) is 0. The van der Waals surface area contributed by atoms with Gasteiger partial charge in [-0.1, -0.05) is 11.6 Å². The van der Waals surface area contributed by atoms with Crippen molar-refractivity contribution >= 4 is 34.4 Å². The van der Waals surface area contributed by atoms with E-state index in [0.29, 0.717) is 38.7 Å². The van der Waals surface area contributed by atoms with E-state index in [2.05, 4.69) is 25.1 Å². The predicted octanol–water partition coefficient (Wildman–Crippen LogP) is 2.66. The molecule has 0 unspecified atom stereocenters. The first-order valence-electron chi connectivity index (χ1n) is 9.09. The van der Waals surface area contributed by atoms with Gasteiger partial charge in [-0.15, -0.1) is 0 Å². The summed E-state index contributed by atoms with van der Waals surface area (Å²) in [5.74, 6) is 1.25. The Labute approximate surface area is 161 Å². The van der Waals surface area contributed by atoms with Crippen LogP contribution in [0.25, 0.3) is 22.4 Å². The molecule has 27 heavy (non-hydrogen) atoms. The van der Waals surface area contributed by atoms with E-state index in [4.69, 9.17) is 27.1 Å². The molecule has 1 spiro atoms. The van der Waals surface area contributed by atoms with Crippen molar-refractivity contribution < 1.29 is 4.74 Å². The van der Waals surface area contributed by atoms with Crippen LogP contribution in [0.4, 0.5) is 11.6 Å². The molecule has 3 aromatic heterocycles. The van der Waals surface area contributed by atoms with Crippen LogP contribution in [0.5, 0.6) is 0 Å². The van der Waals surface area contributed by atoms with E-state index in [0.717, 1.165) is 45.0 Å². The van der Waals surface area contributed by atoms with Crippen LogP contribution in [-0.2, 0) is 4.74 Å². The molecule has 5 rings (SSSR count). The van der Waals surface area contributed by atoms with Crippen LogP contribution < -0.4 is 10.6 Å². The first-order chi connectivity index (χ1) is 13.1. The van der Waals surface area contributed by atoms with Crippen molar-refractivity contribution in [3.63, 3.8) is 0 Å². The maximum absolute atomic E-state index is 6.26. The number of piperidine rings is 1. The number of hydrogen-bond acceptors (Lipinski definition) is 7. The number of ether oxygens (including phenoxy) is 1. The standard InChI is InChI=1S/C18H20ClN7O/c19-12-8-21-13(20)7-11(12)15-16-17(25-24-15)23-14(9-22-16)26-4-1-18(2-5-26)3-6-27-10-18/h7-9H,1-6,10H2,(H2,20,21)(H,23,24,25). The van der Waals surface area contributed by atoms with E-state index in [1.807, 2.05) is 6.20 Å². The van der Waals surface area contributed by atoms with Gasteiger partial charge in [-0.2, -0.15) is 5.10 Å². The van der Waals surface area contributed by atoms with Gasteiger partial charge < -0.3 is 15.4 Å². The third-order valence-electron chi connectivity index (χ3n) is 5.72. The fourth-order valence-corrected chi connectivity index (χ4v) is 4.22. The Hall–Kier alpha value is -2.45. The highest BCUT2D eigenvalue weighted by Gasteiger charge is 2.38. The number of fused-ring (bicyclic) bond motifs is 1. The largest absolute Gasteiger partial charge is 0.384 e. The minimum atomic E-state index is 0.368. The molecule has 0 radical (unpaired) electrons. The van der Waals surface area contributed by atoms with Gasteiger partial charge in [0.05, 0.1) is 17.8 Å². The van der Waals surface area contributed by atoms with Crippen LogP contribution in [0.2, 0.25) is 5.02 Å². The third-order valence-corrected chi connectivity index (χ3v) is 6.02. The molecule has 2 saturated heterocycles. The molecule has 0 amide bonds. The number of aromatic amines is 1. The molecule has 3 N–H and O–H groups in total. The van der Waals surface area contributed by atoms with Crippen LogP contribution in [0.15, 0.2) is 18.5 Å². The Morgan fingerprint density at radius 2 is 2.04 bits per heavy atom. The lowest BCUT2D eigenvalue weighted by molar-refractivity contribution is 0.133. The monoisotopic (exact) mass is 385 g/mol. The highest BCUT2D eigenvalue weighted by atomic mass is 35.5. The number of nitrogens with two attached hydrogens (primary N) is 1. The molecule has 5 heterocycles. The van der Waals surface area contributed by atoms with Crippen LogP contribution in [0.3, 0.4) is 0 Å². The predicted molar refractivity (Wildman–Crippen MR) is 104 cm³/mol. The number of H-pyrrole nitrogens is 1. The number of anilines is 2. The SMILES string of the molecule is Nc1cc(-c2n[nH]c3nc(N4CCC5(CCOC5)CC4)cnc23)c(Cl)cn1. The number of halogens is 1. The molecular formula is C18H20ClN7O. The Kier molecular flexibility index (Phi) is 3.91. The minimum absolute atomic E-state index is 0.368. The summed E-state index contributed by atoms with van der Waals surface area (Å²) in [5.41, 5.74) is 8.79. The number of nitrogens with one attached hydrogen (secondary N) is 1. The zero-order valence-corrected chi connectivity index (χ0v) is 15.5. The lowest BCUT2D eigenvalue weighted by atomic mass is 9.78. The molecule has 140 valence electrons. The fraction of sp³-hybridized carbons (Fsp3) is 0.444. The Morgan fingerprint density at radius 3 is 2.81 bits per heavy atom. The number of pyridine rings is 1. The topological polar surface area (TPSA) is 106 Å². The number of aromatic nitrogens is 5. The maximum atomic E-state index is 6.26. The molecule has 2 aliphatic heterocycles. The van der Waals surface area contributed by atoms with Gasteiger partial charge in [-0.25, -0.2) is 15.0 Å². The van der Waals surface area contributed by atoms with E-state index in [1.165, 1.54) is 12.6 Å². The maximum Gasteiger partial charge on any atom is 0.177 e. The Morgan fingerprint density at radius 1 is 1.19 bits per heavy atom. The van der Waals surface area contributed by atoms with Crippen molar-refractivity contribution in [3.05, 3.63) is 23.5 Å². The number of nitrogens with zero attached hydrogens (tertiary/aromatic N) is 5. The van der Waals surface area contributed by atoms with Gasteiger partial charge in [-0.05, 0) is 30.7 Å². The Bertz CT molecular complexity index is 989. The highest BCUT2D eigenvalue weighted by molar-refractivity contribution is 6.33. The Balaban J connectivity index is 1.43. The highest BCUT2D eigenvalue weighted by Crippen LogP contribution is 2.40. The van der Waals surface area contributed by atoms with Crippen molar-refractivity contribution in [2.24, 2.45) is 5.41 Å². The molecule has 2 fully saturated rings. The van der Waals surface area contributed by atoms with E-state index >= 15 is 0 Å². The van der Waals surface area contributed by atoms with Gasteiger partial charge in [0.1, 0.15) is 22.8 Å². The first-order valence-corrected chi connectivity index (χ1v) is 9.47. The number of rotatable bonds is 2. The summed E-state index contributed by atoms with van der Waals surface area (Å²) in [6.07, 6.45) is 6.76. The lowest BCUT2D eigenvalue weighted by Crippen LogP contribution is -2.40. The van der Waals surface area contributed by atoms with E-state index < -0.39 is 0 Å². The smallest absolute Gasteiger partial charge is 0.177 e. The van der Waals surface area contributed by atoms with Crippen molar-refractivity contribution in [3.8, 4) is 11.3 Å². The van der Waals surface area contributed by atoms with Crippen molar-refractivity contribution in [1.29, 1.82) is 0 Å². The van der Waals surface area contributed by atoms with Crippen molar-refractivity contribution in [2.45, 2.75) is 19.3 Å². The van der Waals surface area contributed by atoms with Gasteiger partial charge in [-0.3, -0.25) is 5.10 Å². The summed E-state index contributed by atoms with van der Waals surface area (Å²) in [6, 6.07) is 1.70. The molecule has 0 atom stereocenters. The van der Waals surface area contributed by atoms with Crippen LogP contribution in [0, 0.1) is 5.41 Å². The molecule has 8 nitrogen and oxygen atoms in total. The second-order valence-corrected chi connectivity index (χ2v) is 7.78. The quantitative estimate of drug-likeness (QED) is 0.698. The third kappa shape index (κ3) is 2.89. The van der Waals surface area contributed by atoms with Crippen LogP contribution in [0.1, 0.15) is 19.3 Å². The van der Waals surface area contributed by atoms with Crippen molar-refractivity contribution in [2.75, 3.05) is 36.9 Å². The molecule has 0 bridgehead atoms. The summed E-state index contributed by atoms with van der Waals surface area (Å²) >= 11 is 6.26. The number of nitrogen functional groups attached to an aromatic ring is 1. The number of hydrogen-bond donors (Lipinski definition) is 2. The average molecular weight is 386 g/mol. The normalized spacial score (nSPS) is 19.2. The molecule has 0 aliphatic carbocycles. The van der Waals surface area contributed by atoms with E-state index in [1.54, 1.807) is 6.07 Å². The summed E-state index contributed by atoms with van der Waals surface area (Å²) in [4.78, 5) is 15.6. The average Bonchev–Trinajstić information content (AvgIpc) is 3.31. The molecule has 2 aliphatic rings. The van der Waals surface area contributed by atoms with Crippen LogP contribution in [-0.4, -0.2) is 51.5 Å². The second-order valence-electron chi connectivity index (χ2n) is 7.38. The van der Waals surface area contributed by atoms with Gasteiger partial charge >= 0.3 is 0 Å². The van der Waals surface area contributed by atoms with E-state index in [-0.39, 0.29) is 0 Å². The van der Waals surface area contributed by atoms with E-state index in [9.17, 15) is 0 Å². The van der Waals surface area contributed by atoms with Gasteiger partial charge in [0.25, 0.3) is 0 Å². The van der Waals surface area contributed by atoms with Crippen molar-refractivity contribution in [1.82, 2.24) is 25.1 Å². The first kappa shape index (κ1) is 16.7. The summed E-state index contributed by atoms with van der Waals surface area (Å²) in [5, 5.41) is 7.81. The molecule has 9 heteroatoms. The molecule has 3 aromatic rings. The zero-order chi connectivity index (χ0) is 18.4. The lowest BCUT2D eigenvalue weighted by Gasteiger charge is -2.38. The fourth-order valence-electron chi connectivity index (χ4n) is 4.02. The minimum Gasteiger partial charge on any atom is -0.384 e. The second kappa shape index (κ2) is 6.31. The molecular weight excluding hydrogens is 366 g/mol. The summed E-state index contributed by atoms with van der Waals surface area (Å²) < 4.78 is 5.62. The van der Waals surface area contributed by atoms with Gasteiger partial charge in [0, 0.05) is 31.5 Å². The zero-order valence-electron chi connectivity index (χ0n) is 14.8. The summed E-state index contributed by atoms with van der Waals surface area (Å²) in [6.45, 7) is 3.73.